The zero-order chi connectivity index (χ0) is 14.0. The van der Waals surface area contributed by atoms with Gasteiger partial charge >= 0.3 is 0 Å². The summed E-state index contributed by atoms with van der Waals surface area (Å²) >= 11 is 3.47. The first-order valence-corrected chi connectivity index (χ1v) is 6.59. The van der Waals surface area contributed by atoms with E-state index < -0.39 is 11.6 Å². The van der Waals surface area contributed by atoms with E-state index >= 15 is 0 Å². The van der Waals surface area contributed by atoms with Gasteiger partial charge in [0.1, 0.15) is 24.0 Å². The summed E-state index contributed by atoms with van der Waals surface area (Å²) in [5.41, 5.74) is 2.58. The van der Waals surface area contributed by atoms with Crippen molar-refractivity contribution in [1.82, 2.24) is 0 Å². The van der Waals surface area contributed by atoms with Crippen molar-refractivity contribution in [3.8, 4) is 5.75 Å². The summed E-state index contributed by atoms with van der Waals surface area (Å²) in [4.78, 5) is 0. The lowest BCUT2D eigenvalue weighted by molar-refractivity contribution is 0.304. The number of hydrogen-bond donors (Lipinski definition) is 0. The van der Waals surface area contributed by atoms with E-state index in [-0.39, 0.29) is 6.61 Å². The van der Waals surface area contributed by atoms with Crippen molar-refractivity contribution in [2.45, 2.75) is 20.5 Å². The predicted octanol–water partition coefficient (Wildman–Crippen LogP) is 4.92. The lowest BCUT2D eigenvalue weighted by atomic mass is 10.1. The van der Waals surface area contributed by atoms with Crippen molar-refractivity contribution in [2.24, 2.45) is 0 Å². The Morgan fingerprint density at radius 3 is 2.00 bits per heavy atom. The molecule has 0 bridgehead atoms. The molecule has 19 heavy (non-hydrogen) atoms. The van der Waals surface area contributed by atoms with Crippen LogP contribution in [0.4, 0.5) is 8.78 Å². The smallest absolute Gasteiger partial charge is 0.126 e. The number of ether oxygens (including phenoxy) is 1. The monoisotopic (exact) mass is 326 g/mol. The molecule has 0 aromatic heterocycles. The molecule has 0 saturated carbocycles. The maximum Gasteiger partial charge on any atom is 0.126 e. The second-order valence-corrected chi connectivity index (χ2v) is 5.23. The number of hydrogen-bond acceptors (Lipinski definition) is 1. The summed E-state index contributed by atoms with van der Waals surface area (Å²) in [6, 6.07) is 7.14. The summed E-state index contributed by atoms with van der Waals surface area (Å²) in [5.74, 6) is -0.508. The summed E-state index contributed by atoms with van der Waals surface area (Å²) in [6.07, 6.45) is 0. The third-order valence-electron chi connectivity index (χ3n) is 2.74. The molecule has 0 unspecified atom stereocenters. The molecule has 0 aliphatic rings. The molecule has 2 aromatic rings. The van der Waals surface area contributed by atoms with Crippen LogP contribution in [0.25, 0.3) is 0 Å². The molecule has 0 aliphatic heterocycles. The van der Waals surface area contributed by atoms with Gasteiger partial charge in [-0.1, -0.05) is 15.9 Å². The zero-order valence-corrected chi connectivity index (χ0v) is 12.2. The molecule has 100 valence electrons. The molecule has 0 aliphatic carbocycles. The van der Waals surface area contributed by atoms with E-state index in [2.05, 4.69) is 15.9 Å². The van der Waals surface area contributed by atoms with Crippen molar-refractivity contribution in [1.29, 1.82) is 0 Å². The Hall–Kier alpha value is -1.42. The Bertz CT molecular complexity index is 568. The number of rotatable bonds is 3. The molecule has 2 aromatic carbocycles. The van der Waals surface area contributed by atoms with Crippen LogP contribution in [0.15, 0.2) is 34.8 Å². The quantitative estimate of drug-likeness (QED) is 0.777. The molecule has 2 rings (SSSR count). The number of aryl methyl sites for hydroxylation is 2. The second-order valence-electron chi connectivity index (χ2n) is 4.44. The topological polar surface area (TPSA) is 9.23 Å². The Labute approximate surface area is 119 Å². The third kappa shape index (κ3) is 3.53. The van der Waals surface area contributed by atoms with Crippen molar-refractivity contribution >= 4 is 15.9 Å². The Morgan fingerprint density at radius 2 is 1.47 bits per heavy atom. The molecule has 0 atom stereocenters. The van der Waals surface area contributed by atoms with Crippen molar-refractivity contribution < 1.29 is 13.5 Å². The molecule has 0 heterocycles. The van der Waals surface area contributed by atoms with Crippen LogP contribution in [-0.2, 0) is 6.61 Å². The van der Waals surface area contributed by atoms with Crippen molar-refractivity contribution in [3.63, 3.8) is 0 Å². The summed E-state index contributed by atoms with van der Waals surface area (Å²) in [7, 11) is 0. The minimum Gasteiger partial charge on any atom is -0.489 e. The van der Waals surface area contributed by atoms with Gasteiger partial charge in [0.2, 0.25) is 0 Å². The maximum atomic E-state index is 13.0. The minimum atomic E-state index is -0.596. The second kappa shape index (κ2) is 5.70. The Balaban J connectivity index is 2.14. The normalized spacial score (nSPS) is 10.6. The number of benzene rings is 2. The molecule has 4 heteroatoms. The molecule has 1 nitrogen and oxygen atoms in total. The van der Waals surface area contributed by atoms with Gasteiger partial charge in [-0.2, -0.15) is 0 Å². The van der Waals surface area contributed by atoms with E-state index in [1.54, 1.807) is 0 Å². The molecule has 0 N–H and O–H groups in total. The highest BCUT2D eigenvalue weighted by molar-refractivity contribution is 9.10. The summed E-state index contributed by atoms with van der Waals surface area (Å²) in [5, 5.41) is 0. The highest BCUT2D eigenvalue weighted by Crippen LogP contribution is 2.26. The van der Waals surface area contributed by atoms with Gasteiger partial charge in [0.25, 0.3) is 0 Å². The molecule has 0 saturated heterocycles. The average Bonchev–Trinajstić information content (AvgIpc) is 2.32. The fourth-order valence-corrected chi connectivity index (χ4v) is 2.08. The molecule has 0 amide bonds. The average molecular weight is 327 g/mol. The summed E-state index contributed by atoms with van der Waals surface area (Å²) < 4.78 is 32.7. The van der Waals surface area contributed by atoms with Gasteiger partial charge in [-0.05, 0) is 54.8 Å². The fourth-order valence-electron chi connectivity index (χ4n) is 1.85. The SMILES string of the molecule is Cc1cc(OCc2cc(F)cc(F)c2)cc(C)c1Br. The van der Waals surface area contributed by atoms with Gasteiger partial charge in [-0.15, -0.1) is 0 Å². The molecular formula is C15H13BrF2O. The van der Waals surface area contributed by atoms with Gasteiger partial charge < -0.3 is 4.74 Å². The minimum absolute atomic E-state index is 0.134. The van der Waals surface area contributed by atoms with Crippen LogP contribution in [-0.4, -0.2) is 0 Å². The van der Waals surface area contributed by atoms with Crippen molar-refractivity contribution in [3.05, 3.63) is 63.1 Å². The molecule has 0 fully saturated rings. The lowest BCUT2D eigenvalue weighted by Crippen LogP contribution is -1.98. The highest BCUT2D eigenvalue weighted by Gasteiger charge is 2.05. The molecular weight excluding hydrogens is 314 g/mol. The van der Waals surface area contributed by atoms with Gasteiger partial charge in [0.05, 0.1) is 0 Å². The maximum absolute atomic E-state index is 13.0. The van der Waals surface area contributed by atoms with E-state index in [9.17, 15) is 8.78 Å². The third-order valence-corrected chi connectivity index (χ3v) is 3.99. The van der Waals surface area contributed by atoms with E-state index in [0.717, 1.165) is 21.7 Å². The van der Waals surface area contributed by atoms with Crippen LogP contribution < -0.4 is 4.74 Å². The summed E-state index contributed by atoms with van der Waals surface area (Å²) in [6.45, 7) is 4.06. The van der Waals surface area contributed by atoms with E-state index in [1.807, 2.05) is 26.0 Å². The first kappa shape index (κ1) is 14.0. The van der Waals surface area contributed by atoms with Gasteiger partial charge in [0, 0.05) is 10.5 Å². The van der Waals surface area contributed by atoms with Gasteiger partial charge in [-0.25, -0.2) is 8.78 Å². The van der Waals surface area contributed by atoms with Crippen LogP contribution >= 0.6 is 15.9 Å². The highest BCUT2D eigenvalue weighted by atomic mass is 79.9. The largest absolute Gasteiger partial charge is 0.489 e. The van der Waals surface area contributed by atoms with E-state index in [1.165, 1.54) is 12.1 Å². The zero-order valence-electron chi connectivity index (χ0n) is 10.6. The molecule has 0 spiro atoms. The van der Waals surface area contributed by atoms with Crippen LogP contribution in [0.2, 0.25) is 0 Å². The van der Waals surface area contributed by atoms with Crippen LogP contribution in [0.3, 0.4) is 0 Å². The van der Waals surface area contributed by atoms with Crippen molar-refractivity contribution in [2.75, 3.05) is 0 Å². The van der Waals surface area contributed by atoms with Gasteiger partial charge in [0.15, 0.2) is 0 Å². The van der Waals surface area contributed by atoms with E-state index in [4.69, 9.17) is 4.74 Å². The first-order valence-electron chi connectivity index (χ1n) is 5.80. The standard InChI is InChI=1S/C15H13BrF2O/c1-9-3-14(4-10(2)15(9)16)19-8-11-5-12(17)7-13(18)6-11/h3-7H,8H2,1-2H3. The van der Waals surface area contributed by atoms with Gasteiger partial charge in [-0.3, -0.25) is 0 Å². The predicted molar refractivity (Wildman–Crippen MR) is 74.3 cm³/mol. The van der Waals surface area contributed by atoms with E-state index in [0.29, 0.717) is 11.3 Å². The van der Waals surface area contributed by atoms with Crippen LogP contribution in [0, 0.1) is 25.5 Å². The Morgan fingerprint density at radius 1 is 0.947 bits per heavy atom. The first-order chi connectivity index (χ1) is 8.95. The number of halogens is 3. The lowest BCUT2D eigenvalue weighted by Gasteiger charge is -2.10. The molecule has 0 radical (unpaired) electrons. The van der Waals surface area contributed by atoms with Crippen LogP contribution in [0.5, 0.6) is 5.75 Å². The fraction of sp³-hybridized carbons (Fsp3) is 0.200. The Kier molecular flexibility index (Phi) is 4.20. The van der Waals surface area contributed by atoms with Crippen LogP contribution in [0.1, 0.15) is 16.7 Å².